The Balaban J connectivity index is 1.74. The predicted molar refractivity (Wildman–Crippen MR) is 121 cm³/mol. The molecule has 1 aliphatic heterocycles. The number of hydrogen-bond acceptors (Lipinski definition) is 4. The van der Waals surface area contributed by atoms with Gasteiger partial charge >= 0.3 is 0 Å². The van der Waals surface area contributed by atoms with Crippen LogP contribution in [0.25, 0.3) is 0 Å². The molecule has 0 unspecified atom stereocenters. The van der Waals surface area contributed by atoms with Crippen LogP contribution in [0.3, 0.4) is 0 Å². The Morgan fingerprint density at radius 3 is 2.53 bits per heavy atom. The van der Waals surface area contributed by atoms with Crippen LogP contribution >= 0.6 is 11.6 Å². The number of amides is 2. The van der Waals surface area contributed by atoms with E-state index in [4.69, 9.17) is 16.3 Å². The Labute approximate surface area is 182 Å². The van der Waals surface area contributed by atoms with Crippen molar-refractivity contribution in [2.75, 3.05) is 43.0 Å². The molecule has 1 heterocycles. The van der Waals surface area contributed by atoms with E-state index in [2.05, 4.69) is 10.2 Å². The topological polar surface area (TPSA) is 61.9 Å². The summed E-state index contributed by atoms with van der Waals surface area (Å²) in [5.74, 6) is 0.636. The summed E-state index contributed by atoms with van der Waals surface area (Å²) in [6.07, 6.45) is 1.44. The van der Waals surface area contributed by atoms with Crippen LogP contribution in [0.2, 0.25) is 5.02 Å². The average Bonchev–Trinajstić information content (AvgIpc) is 2.75. The molecular weight excluding hydrogens is 402 g/mol. The molecule has 2 aromatic carbocycles. The van der Waals surface area contributed by atoms with Crippen LogP contribution in [0.1, 0.15) is 37.0 Å². The first-order valence-corrected chi connectivity index (χ1v) is 10.8. The van der Waals surface area contributed by atoms with Crippen LogP contribution in [-0.4, -0.2) is 49.5 Å². The fraction of sp³-hybridized carbons (Fsp3) is 0.391. The predicted octanol–water partition coefficient (Wildman–Crippen LogP) is 4.44. The van der Waals surface area contributed by atoms with Gasteiger partial charge in [0.15, 0.2) is 0 Å². The minimum atomic E-state index is -0.225. The number of halogens is 1. The van der Waals surface area contributed by atoms with Crippen molar-refractivity contribution in [3.8, 4) is 5.75 Å². The maximum absolute atomic E-state index is 12.8. The van der Waals surface area contributed by atoms with E-state index < -0.39 is 0 Å². The number of rotatable bonds is 7. The summed E-state index contributed by atoms with van der Waals surface area (Å²) in [7, 11) is 0. The van der Waals surface area contributed by atoms with Crippen molar-refractivity contribution in [1.29, 1.82) is 0 Å². The third-order valence-corrected chi connectivity index (χ3v) is 5.29. The largest absolute Gasteiger partial charge is 0.494 e. The number of carbonyl (C=O) groups is 2. The van der Waals surface area contributed by atoms with Crippen molar-refractivity contribution in [3.05, 3.63) is 53.1 Å². The molecule has 0 spiro atoms. The van der Waals surface area contributed by atoms with E-state index in [-0.39, 0.29) is 11.8 Å². The Bertz CT molecular complexity index is 895. The molecule has 0 bridgehead atoms. The quantitative estimate of drug-likeness (QED) is 0.706. The van der Waals surface area contributed by atoms with Gasteiger partial charge in [-0.2, -0.15) is 0 Å². The molecule has 0 aromatic heterocycles. The zero-order valence-corrected chi connectivity index (χ0v) is 18.2. The maximum atomic E-state index is 12.8. The molecular formula is C23H28ClN3O3. The van der Waals surface area contributed by atoms with Gasteiger partial charge in [0.05, 0.1) is 18.0 Å². The van der Waals surface area contributed by atoms with E-state index in [0.717, 1.165) is 12.1 Å². The molecule has 0 radical (unpaired) electrons. The number of benzene rings is 2. The van der Waals surface area contributed by atoms with Crippen LogP contribution in [-0.2, 0) is 4.79 Å². The van der Waals surface area contributed by atoms with Crippen LogP contribution in [0.5, 0.6) is 5.75 Å². The monoisotopic (exact) mass is 429 g/mol. The zero-order valence-electron chi connectivity index (χ0n) is 17.5. The van der Waals surface area contributed by atoms with Gasteiger partial charge in [-0.15, -0.1) is 0 Å². The van der Waals surface area contributed by atoms with Gasteiger partial charge < -0.3 is 19.9 Å². The van der Waals surface area contributed by atoms with Gasteiger partial charge in [0, 0.05) is 43.2 Å². The van der Waals surface area contributed by atoms with Gasteiger partial charge in [-0.05, 0) is 49.7 Å². The van der Waals surface area contributed by atoms with Crippen LogP contribution in [0, 0.1) is 0 Å². The smallest absolute Gasteiger partial charge is 0.255 e. The molecule has 1 aliphatic rings. The van der Waals surface area contributed by atoms with Crippen LogP contribution in [0.15, 0.2) is 42.5 Å². The minimum Gasteiger partial charge on any atom is -0.494 e. The van der Waals surface area contributed by atoms with E-state index in [1.165, 1.54) is 0 Å². The molecule has 30 heavy (non-hydrogen) atoms. The van der Waals surface area contributed by atoms with Crippen LogP contribution in [0.4, 0.5) is 11.4 Å². The lowest BCUT2D eigenvalue weighted by molar-refractivity contribution is -0.131. The van der Waals surface area contributed by atoms with Crippen molar-refractivity contribution in [2.45, 2.75) is 26.7 Å². The summed E-state index contributed by atoms with van der Waals surface area (Å²) in [4.78, 5) is 29.1. The van der Waals surface area contributed by atoms with Gasteiger partial charge in [0.1, 0.15) is 5.75 Å². The summed E-state index contributed by atoms with van der Waals surface area (Å²) in [6, 6.07) is 12.6. The second-order valence-corrected chi connectivity index (χ2v) is 7.63. The molecule has 1 fully saturated rings. The highest BCUT2D eigenvalue weighted by atomic mass is 35.5. The fourth-order valence-electron chi connectivity index (χ4n) is 3.54. The van der Waals surface area contributed by atoms with Gasteiger partial charge in [-0.25, -0.2) is 0 Å². The lowest BCUT2D eigenvalue weighted by Crippen LogP contribution is -2.48. The number of hydrogen-bond donors (Lipinski definition) is 1. The van der Waals surface area contributed by atoms with Crippen molar-refractivity contribution in [2.24, 2.45) is 0 Å². The number of nitrogens with zero attached hydrogens (tertiary/aromatic N) is 2. The highest BCUT2D eigenvalue weighted by Gasteiger charge is 2.23. The molecule has 3 rings (SSSR count). The number of carbonyl (C=O) groups excluding carboxylic acids is 2. The molecule has 1 saturated heterocycles. The number of anilines is 2. The minimum absolute atomic E-state index is 0.205. The van der Waals surface area contributed by atoms with E-state index >= 15 is 0 Å². The number of nitrogens with one attached hydrogen (secondary N) is 1. The van der Waals surface area contributed by atoms with E-state index in [1.807, 2.05) is 36.9 Å². The van der Waals surface area contributed by atoms with Crippen molar-refractivity contribution >= 4 is 34.8 Å². The Morgan fingerprint density at radius 1 is 1.07 bits per heavy atom. The first kappa shape index (κ1) is 22.0. The standard InChI is InChI=1S/C23H28ClN3O3/c1-3-6-22(28)27-13-11-26(12-14-27)21-10-9-18(24)16-20(21)25-23(29)17-7-5-8-19(15-17)30-4-2/h5,7-10,15-16H,3-4,6,11-14H2,1-2H3,(H,25,29). The van der Waals surface area contributed by atoms with Crippen molar-refractivity contribution in [1.82, 2.24) is 4.90 Å². The van der Waals surface area contributed by atoms with Gasteiger partial charge in [-0.1, -0.05) is 24.6 Å². The second kappa shape index (κ2) is 10.3. The first-order chi connectivity index (χ1) is 14.5. The molecule has 6 nitrogen and oxygen atoms in total. The summed E-state index contributed by atoms with van der Waals surface area (Å²) in [5.41, 5.74) is 2.07. The third-order valence-electron chi connectivity index (χ3n) is 5.05. The molecule has 0 aliphatic carbocycles. The fourth-order valence-corrected chi connectivity index (χ4v) is 3.71. The first-order valence-electron chi connectivity index (χ1n) is 10.4. The van der Waals surface area contributed by atoms with Crippen LogP contribution < -0.4 is 15.0 Å². The summed E-state index contributed by atoms with van der Waals surface area (Å²) < 4.78 is 5.49. The zero-order chi connectivity index (χ0) is 21.5. The van der Waals surface area contributed by atoms with Gasteiger partial charge in [-0.3, -0.25) is 9.59 Å². The number of piperazine rings is 1. The molecule has 7 heteroatoms. The number of ether oxygens (including phenoxy) is 1. The Kier molecular flexibility index (Phi) is 7.57. The van der Waals surface area contributed by atoms with E-state index in [9.17, 15) is 9.59 Å². The second-order valence-electron chi connectivity index (χ2n) is 7.19. The summed E-state index contributed by atoms with van der Waals surface area (Å²) >= 11 is 6.21. The molecule has 160 valence electrons. The van der Waals surface area contributed by atoms with E-state index in [1.54, 1.807) is 24.3 Å². The van der Waals surface area contributed by atoms with E-state index in [0.29, 0.717) is 61.2 Å². The molecule has 0 atom stereocenters. The lowest BCUT2D eigenvalue weighted by atomic mass is 10.1. The molecule has 2 amide bonds. The Morgan fingerprint density at radius 2 is 1.83 bits per heavy atom. The third kappa shape index (κ3) is 5.45. The van der Waals surface area contributed by atoms with Gasteiger partial charge in [0.2, 0.25) is 5.91 Å². The molecule has 2 aromatic rings. The molecule has 1 N–H and O–H groups in total. The summed E-state index contributed by atoms with van der Waals surface area (Å²) in [6.45, 7) is 7.22. The SMILES string of the molecule is CCCC(=O)N1CCN(c2ccc(Cl)cc2NC(=O)c2cccc(OCC)c2)CC1. The normalized spacial score (nSPS) is 13.8. The maximum Gasteiger partial charge on any atom is 0.255 e. The Hall–Kier alpha value is -2.73. The lowest BCUT2D eigenvalue weighted by Gasteiger charge is -2.37. The summed E-state index contributed by atoms with van der Waals surface area (Å²) in [5, 5.41) is 3.54. The highest BCUT2D eigenvalue weighted by Crippen LogP contribution is 2.31. The highest BCUT2D eigenvalue weighted by molar-refractivity contribution is 6.31. The van der Waals surface area contributed by atoms with Gasteiger partial charge in [0.25, 0.3) is 5.91 Å². The average molecular weight is 430 g/mol. The van der Waals surface area contributed by atoms with Crippen molar-refractivity contribution in [3.63, 3.8) is 0 Å². The van der Waals surface area contributed by atoms with Crippen molar-refractivity contribution < 1.29 is 14.3 Å². The molecule has 0 saturated carbocycles.